The van der Waals surface area contributed by atoms with Crippen LogP contribution >= 0.6 is 0 Å². The molecule has 0 aliphatic heterocycles. The first-order valence-corrected chi connectivity index (χ1v) is 7.00. The van der Waals surface area contributed by atoms with Gasteiger partial charge in [-0.25, -0.2) is 0 Å². The van der Waals surface area contributed by atoms with Gasteiger partial charge in [-0.1, -0.05) is 6.92 Å². The molecule has 23 heavy (non-hydrogen) atoms. The Labute approximate surface area is 131 Å². The van der Waals surface area contributed by atoms with E-state index in [2.05, 4.69) is 10.6 Å². The van der Waals surface area contributed by atoms with Crippen molar-refractivity contribution in [2.75, 3.05) is 13.2 Å². The van der Waals surface area contributed by atoms with Crippen LogP contribution < -0.4 is 10.6 Å². The number of nitrogens with one attached hydrogen (secondary N) is 2. The molecule has 2 amide bonds. The van der Waals surface area contributed by atoms with Crippen LogP contribution in [0.2, 0.25) is 0 Å². The fourth-order valence-electron chi connectivity index (χ4n) is 1.68. The Morgan fingerprint density at radius 3 is 2.22 bits per heavy atom. The third-order valence-corrected chi connectivity index (χ3v) is 3.41. The van der Waals surface area contributed by atoms with Gasteiger partial charge in [0, 0.05) is 18.2 Å². The smallest absolute Gasteiger partial charge is 0.396 e. The Bertz CT molecular complexity index is 544. The number of hydrogen-bond acceptors (Lipinski definition) is 3. The molecule has 5 nitrogen and oxygen atoms in total. The van der Waals surface area contributed by atoms with Crippen molar-refractivity contribution >= 4 is 11.8 Å². The fourth-order valence-corrected chi connectivity index (χ4v) is 1.68. The minimum atomic E-state index is -4.46. The summed E-state index contributed by atoms with van der Waals surface area (Å²) in [6.07, 6.45) is -4.46. The summed E-state index contributed by atoms with van der Waals surface area (Å²) in [5.41, 5.74) is -0.818. The molecule has 3 N–H and O–H groups in total. The molecule has 0 bridgehead atoms. The first kappa shape index (κ1) is 19.0. The number of carbonyl (C=O) groups is 2. The highest BCUT2D eigenvalue weighted by Gasteiger charge is 2.30. The molecular formula is C15H19F3N2O3. The van der Waals surface area contributed by atoms with Crippen molar-refractivity contribution in [1.29, 1.82) is 0 Å². The van der Waals surface area contributed by atoms with E-state index in [1.54, 1.807) is 13.8 Å². The molecule has 0 heterocycles. The Kier molecular flexibility index (Phi) is 6.56. The van der Waals surface area contributed by atoms with E-state index >= 15 is 0 Å². The number of benzene rings is 1. The number of hydrogen-bond donors (Lipinski definition) is 3. The highest BCUT2D eigenvalue weighted by atomic mass is 19.4. The summed E-state index contributed by atoms with van der Waals surface area (Å²) in [7, 11) is 0. The van der Waals surface area contributed by atoms with Gasteiger partial charge < -0.3 is 15.7 Å². The minimum Gasteiger partial charge on any atom is -0.396 e. The summed E-state index contributed by atoms with van der Waals surface area (Å²) in [6, 6.07) is 3.44. The lowest BCUT2D eigenvalue weighted by Crippen LogP contribution is -2.43. The van der Waals surface area contributed by atoms with Gasteiger partial charge in [0.25, 0.3) is 5.91 Å². The predicted octanol–water partition coefficient (Wildman–Crippen LogP) is 1.57. The Hall–Kier alpha value is -2.09. The third-order valence-electron chi connectivity index (χ3n) is 3.41. The number of carbonyl (C=O) groups excluding carboxylic acids is 2. The second kappa shape index (κ2) is 7.96. The molecule has 128 valence electrons. The first-order chi connectivity index (χ1) is 10.6. The summed E-state index contributed by atoms with van der Waals surface area (Å²) in [5.74, 6) is -1.22. The summed E-state index contributed by atoms with van der Waals surface area (Å²) >= 11 is 0. The van der Waals surface area contributed by atoms with E-state index in [0.29, 0.717) is 0 Å². The minimum absolute atomic E-state index is 0.0302. The van der Waals surface area contributed by atoms with Crippen molar-refractivity contribution in [3.8, 4) is 0 Å². The van der Waals surface area contributed by atoms with Crippen LogP contribution in [0.3, 0.4) is 0 Å². The molecule has 0 aliphatic carbocycles. The molecule has 8 heteroatoms. The Balaban J connectivity index is 2.52. The van der Waals surface area contributed by atoms with Gasteiger partial charge in [0.15, 0.2) is 0 Å². The van der Waals surface area contributed by atoms with Crippen LogP contribution in [0.1, 0.15) is 29.8 Å². The number of alkyl halides is 3. The highest BCUT2D eigenvalue weighted by Crippen LogP contribution is 2.28. The lowest BCUT2D eigenvalue weighted by atomic mass is 10.1. The second-order valence-electron chi connectivity index (χ2n) is 5.27. The molecule has 1 aromatic rings. The zero-order valence-corrected chi connectivity index (χ0v) is 12.8. The number of halogens is 3. The fraction of sp³-hybridized carbons (Fsp3) is 0.467. The maximum Gasteiger partial charge on any atom is 0.416 e. The largest absolute Gasteiger partial charge is 0.416 e. The summed E-state index contributed by atoms with van der Waals surface area (Å²) in [6.45, 7) is 3.09. The summed E-state index contributed by atoms with van der Waals surface area (Å²) < 4.78 is 37.3. The van der Waals surface area contributed by atoms with E-state index in [0.717, 1.165) is 24.3 Å². The standard InChI is InChI=1S/C15H19F3N2O3/c1-9(8-21)10(2)20-13(22)7-19-14(23)11-3-5-12(6-4-11)15(16,17)18/h3-6,9-10,21H,7-8H2,1-2H3,(H,19,23)(H,20,22). The summed E-state index contributed by atoms with van der Waals surface area (Å²) in [4.78, 5) is 23.4. The van der Waals surface area contributed by atoms with Gasteiger partial charge in [-0.05, 0) is 37.1 Å². The van der Waals surface area contributed by atoms with Crippen LogP contribution in [0.25, 0.3) is 0 Å². The molecule has 0 fully saturated rings. The number of aliphatic hydroxyl groups excluding tert-OH is 1. The molecule has 2 unspecified atom stereocenters. The van der Waals surface area contributed by atoms with E-state index in [1.165, 1.54) is 0 Å². The van der Waals surface area contributed by atoms with Crippen LogP contribution in [0.15, 0.2) is 24.3 Å². The molecule has 2 atom stereocenters. The molecule has 0 radical (unpaired) electrons. The zero-order valence-electron chi connectivity index (χ0n) is 12.8. The van der Waals surface area contributed by atoms with Gasteiger partial charge in [-0.2, -0.15) is 13.2 Å². The predicted molar refractivity (Wildman–Crippen MR) is 77.6 cm³/mol. The normalized spacial score (nSPS) is 14.0. The zero-order chi connectivity index (χ0) is 17.6. The first-order valence-electron chi connectivity index (χ1n) is 7.00. The molecule has 0 aliphatic rings. The van der Waals surface area contributed by atoms with Gasteiger partial charge in [-0.3, -0.25) is 9.59 Å². The molecule has 1 aromatic carbocycles. The van der Waals surface area contributed by atoms with E-state index in [1.807, 2.05) is 0 Å². The van der Waals surface area contributed by atoms with Crippen molar-refractivity contribution in [3.05, 3.63) is 35.4 Å². The number of amides is 2. The van der Waals surface area contributed by atoms with Gasteiger partial charge in [0.1, 0.15) is 0 Å². The van der Waals surface area contributed by atoms with Crippen LogP contribution in [-0.4, -0.2) is 36.1 Å². The third kappa shape index (κ3) is 5.90. The number of rotatable bonds is 6. The molecule has 1 rings (SSSR count). The lowest BCUT2D eigenvalue weighted by molar-refractivity contribution is -0.137. The van der Waals surface area contributed by atoms with Crippen molar-refractivity contribution in [1.82, 2.24) is 10.6 Å². The highest BCUT2D eigenvalue weighted by molar-refractivity contribution is 5.96. The van der Waals surface area contributed by atoms with E-state index in [4.69, 9.17) is 5.11 Å². The van der Waals surface area contributed by atoms with Crippen molar-refractivity contribution < 1.29 is 27.9 Å². The monoisotopic (exact) mass is 332 g/mol. The molecule has 0 saturated carbocycles. The lowest BCUT2D eigenvalue weighted by Gasteiger charge is -2.19. The van der Waals surface area contributed by atoms with Crippen LogP contribution in [0.4, 0.5) is 13.2 Å². The quantitative estimate of drug-likeness (QED) is 0.740. The van der Waals surface area contributed by atoms with E-state index in [-0.39, 0.29) is 30.7 Å². The average Bonchev–Trinajstić information content (AvgIpc) is 2.50. The summed E-state index contributed by atoms with van der Waals surface area (Å²) in [5, 5.41) is 13.9. The molecule has 0 spiro atoms. The Morgan fingerprint density at radius 2 is 1.74 bits per heavy atom. The van der Waals surface area contributed by atoms with Gasteiger partial charge >= 0.3 is 6.18 Å². The van der Waals surface area contributed by atoms with Gasteiger partial charge in [-0.15, -0.1) is 0 Å². The SMILES string of the molecule is CC(CO)C(C)NC(=O)CNC(=O)c1ccc(C(F)(F)F)cc1. The topological polar surface area (TPSA) is 78.4 Å². The Morgan fingerprint density at radius 1 is 1.17 bits per heavy atom. The van der Waals surface area contributed by atoms with E-state index in [9.17, 15) is 22.8 Å². The molecular weight excluding hydrogens is 313 g/mol. The van der Waals surface area contributed by atoms with E-state index < -0.39 is 23.6 Å². The van der Waals surface area contributed by atoms with Crippen molar-refractivity contribution in [2.45, 2.75) is 26.1 Å². The molecule has 0 aromatic heterocycles. The van der Waals surface area contributed by atoms with Gasteiger partial charge in [0.05, 0.1) is 12.1 Å². The maximum absolute atomic E-state index is 12.4. The second-order valence-corrected chi connectivity index (χ2v) is 5.27. The van der Waals surface area contributed by atoms with Crippen molar-refractivity contribution in [3.63, 3.8) is 0 Å². The average molecular weight is 332 g/mol. The maximum atomic E-state index is 12.4. The number of aliphatic hydroxyl groups is 1. The van der Waals surface area contributed by atoms with Crippen LogP contribution in [0.5, 0.6) is 0 Å². The van der Waals surface area contributed by atoms with Crippen LogP contribution in [0, 0.1) is 5.92 Å². The van der Waals surface area contributed by atoms with Crippen molar-refractivity contribution in [2.24, 2.45) is 5.92 Å². The van der Waals surface area contributed by atoms with Crippen LogP contribution in [-0.2, 0) is 11.0 Å². The van der Waals surface area contributed by atoms with Gasteiger partial charge in [0.2, 0.25) is 5.91 Å². The molecule has 0 saturated heterocycles.